The Morgan fingerprint density at radius 2 is 1.28 bits per heavy atom. The van der Waals surface area contributed by atoms with Crippen LogP contribution in [0.5, 0.6) is 0 Å². The summed E-state index contributed by atoms with van der Waals surface area (Å²) in [5.74, 6) is 4.82. The predicted octanol–water partition coefficient (Wildman–Crippen LogP) is 4.77. The average Bonchev–Trinajstić information content (AvgIpc) is 2.93. The van der Waals surface area contributed by atoms with Gasteiger partial charge in [0.1, 0.15) is 0 Å². The van der Waals surface area contributed by atoms with Crippen molar-refractivity contribution in [1.29, 1.82) is 0 Å². The van der Waals surface area contributed by atoms with E-state index in [-0.39, 0.29) is 11.8 Å². The van der Waals surface area contributed by atoms with Gasteiger partial charge >= 0.3 is 5.97 Å². The van der Waals surface area contributed by atoms with Crippen LogP contribution in [0.15, 0.2) is 97.3 Å². The lowest BCUT2D eigenvalue weighted by Crippen LogP contribution is -2.16. The van der Waals surface area contributed by atoms with E-state index in [4.69, 9.17) is 4.74 Å². The van der Waals surface area contributed by atoms with Gasteiger partial charge in [0.25, 0.3) is 11.8 Å². The van der Waals surface area contributed by atoms with E-state index in [1.807, 2.05) is 6.07 Å². The second-order valence-corrected chi connectivity index (χ2v) is 7.53. The van der Waals surface area contributed by atoms with Gasteiger partial charge in [0.2, 0.25) is 0 Å². The van der Waals surface area contributed by atoms with E-state index in [1.165, 1.54) is 19.5 Å². The van der Waals surface area contributed by atoms with Crippen LogP contribution >= 0.6 is 0 Å². The number of pyridine rings is 1. The first-order valence-electron chi connectivity index (χ1n) is 11.0. The molecule has 0 saturated heterocycles. The van der Waals surface area contributed by atoms with Gasteiger partial charge < -0.3 is 15.4 Å². The molecule has 0 saturated carbocycles. The highest BCUT2D eigenvalue weighted by molar-refractivity contribution is 6.08. The standard InChI is InChI=1S/C29H21N3O4/c1-36-29(35)23-11-6-5-8-20(23)14-15-24-25(31-27(33)21-9-3-2-4-10-21)12-7-13-26(24)32-28(34)22-16-18-30-19-17-22/h2-13,16-19H,1H3,(H,31,33)(H,32,34). The fourth-order valence-corrected chi connectivity index (χ4v) is 3.39. The van der Waals surface area contributed by atoms with Crippen LogP contribution in [0.2, 0.25) is 0 Å². The van der Waals surface area contributed by atoms with Crippen LogP contribution in [0.4, 0.5) is 11.4 Å². The predicted molar refractivity (Wildman–Crippen MR) is 137 cm³/mol. The molecule has 0 atom stereocenters. The molecule has 7 heteroatoms. The summed E-state index contributed by atoms with van der Waals surface area (Å²) < 4.78 is 4.85. The number of benzene rings is 3. The summed E-state index contributed by atoms with van der Waals surface area (Å²) in [6.45, 7) is 0. The Labute approximate surface area is 208 Å². The van der Waals surface area contributed by atoms with Gasteiger partial charge in [-0.2, -0.15) is 0 Å². The summed E-state index contributed by atoms with van der Waals surface area (Å²) in [5.41, 5.74) is 2.81. The fraction of sp³-hybridized carbons (Fsp3) is 0.0345. The molecule has 0 aliphatic carbocycles. The summed E-state index contributed by atoms with van der Waals surface area (Å²) in [5, 5.41) is 5.72. The van der Waals surface area contributed by atoms with E-state index in [0.29, 0.717) is 39.2 Å². The number of nitrogens with one attached hydrogen (secondary N) is 2. The van der Waals surface area contributed by atoms with Gasteiger partial charge in [-0.1, -0.05) is 48.2 Å². The number of methoxy groups -OCH3 is 1. The smallest absolute Gasteiger partial charge is 0.339 e. The lowest BCUT2D eigenvalue weighted by molar-refractivity contribution is 0.0600. The van der Waals surface area contributed by atoms with Crippen molar-refractivity contribution in [2.75, 3.05) is 17.7 Å². The number of anilines is 2. The van der Waals surface area contributed by atoms with Crippen molar-refractivity contribution in [3.05, 3.63) is 125 Å². The molecular formula is C29H21N3O4. The Kier molecular flexibility index (Phi) is 7.49. The molecule has 0 unspecified atom stereocenters. The molecule has 0 aliphatic rings. The normalized spacial score (nSPS) is 9.92. The number of hydrogen-bond donors (Lipinski definition) is 2. The van der Waals surface area contributed by atoms with Gasteiger partial charge in [0.15, 0.2) is 0 Å². The molecular weight excluding hydrogens is 454 g/mol. The van der Waals surface area contributed by atoms with Crippen molar-refractivity contribution in [3.63, 3.8) is 0 Å². The molecule has 0 spiro atoms. The number of esters is 1. The van der Waals surface area contributed by atoms with E-state index in [2.05, 4.69) is 27.5 Å². The van der Waals surface area contributed by atoms with Crippen LogP contribution in [-0.2, 0) is 4.74 Å². The SMILES string of the molecule is COC(=O)c1ccccc1C#Cc1c(NC(=O)c2ccccc2)cccc1NC(=O)c1ccncc1. The second-order valence-electron chi connectivity index (χ2n) is 7.53. The first-order valence-corrected chi connectivity index (χ1v) is 11.0. The summed E-state index contributed by atoms with van der Waals surface area (Å²) in [6.07, 6.45) is 3.05. The zero-order chi connectivity index (χ0) is 25.3. The van der Waals surface area contributed by atoms with E-state index in [9.17, 15) is 14.4 Å². The minimum atomic E-state index is -0.517. The van der Waals surface area contributed by atoms with Crippen LogP contribution in [0.25, 0.3) is 0 Å². The minimum absolute atomic E-state index is 0.306. The van der Waals surface area contributed by atoms with Crippen LogP contribution in [0.1, 0.15) is 42.2 Å². The monoisotopic (exact) mass is 475 g/mol. The molecule has 7 nitrogen and oxygen atoms in total. The highest BCUT2D eigenvalue weighted by atomic mass is 16.5. The molecule has 0 bridgehead atoms. The van der Waals surface area contributed by atoms with Crippen molar-refractivity contribution in [2.24, 2.45) is 0 Å². The summed E-state index contributed by atoms with van der Waals surface area (Å²) in [6, 6.07) is 23.8. The van der Waals surface area contributed by atoms with Gasteiger partial charge in [-0.05, 0) is 48.5 Å². The van der Waals surface area contributed by atoms with Crippen molar-refractivity contribution in [1.82, 2.24) is 4.98 Å². The molecule has 0 fully saturated rings. The number of carbonyl (C=O) groups excluding carboxylic acids is 3. The maximum atomic E-state index is 12.9. The largest absolute Gasteiger partial charge is 0.465 e. The third-order valence-electron chi connectivity index (χ3n) is 5.19. The lowest BCUT2D eigenvalue weighted by Gasteiger charge is -2.13. The number of rotatable bonds is 5. The number of ether oxygens (including phenoxy) is 1. The molecule has 3 aromatic carbocycles. The third kappa shape index (κ3) is 5.64. The Bertz CT molecular complexity index is 1400. The Morgan fingerprint density at radius 1 is 0.694 bits per heavy atom. The molecule has 4 aromatic rings. The number of hydrogen-bond acceptors (Lipinski definition) is 5. The molecule has 4 rings (SSSR count). The summed E-state index contributed by atoms with van der Waals surface area (Å²) in [7, 11) is 1.30. The maximum absolute atomic E-state index is 12.9. The van der Waals surface area contributed by atoms with Gasteiger partial charge in [-0.15, -0.1) is 0 Å². The van der Waals surface area contributed by atoms with Gasteiger partial charge in [-0.25, -0.2) is 4.79 Å². The van der Waals surface area contributed by atoms with Gasteiger partial charge in [-0.3, -0.25) is 14.6 Å². The number of amides is 2. The maximum Gasteiger partial charge on any atom is 0.339 e. The van der Waals surface area contributed by atoms with Crippen LogP contribution in [-0.4, -0.2) is 29.9 Å². The molecule has 176 valence electrons. The third-order valence-corrected chi connectivity index (χ3v) is 5.19. The van der Waals surface area contributed by atoms with Crippen LogP contribution < -0.4 is 10.6 Å². The first kappa shape index (κ1) is 23.9. The van der Waals surface area contributed by atoms with Gasteiger partial charge in [0.05, 0.1) is 29.6 Å². The van der Waals surface area contributed by atoms with Crippen LogP contribution in [0, 0.1) is 11.8 Å². The van der Waals surface area contributed by atoms with Crippen molar-refractivity contribution in [3.8, 4) is 11.8 Å². The summed E-state index contributed by atoms with van der Waals surface area (Å²) in [4.78, 5) is 41.8. The van der Waals surface area contributed by atoms with E-state index in [0.717, 1.165) is 0 Å². The van der Waals surface area contributed by atoms with E-state index >= 15 is 0 Å². The van der Waals surface area contributed by atoms with Crippen LogP contribution in [0.3, 0.4) is 0 Å². The van der Waals surface area contributed by atoms with E-state index in [1.54, 1.807) is 78.9 Å². The zero-order valence-electron chi connectivity index (χ0n) is 19.3. The van der Waals surface area contributed by atoms with Crippen molar-refractivity contribution >= 4 is 29.2 Å². The molecule has 36 heavy (non-hydrogen) atoms. The Hall–Kier alpha value is -5.22. The topological polar surface area (TPSA) is 97.4 Å². The molecule has 2 amide bonds. The zero-order valence-corrected chi connectivity index (χ0v) is 19.3. The quantitative estimate of drug-likeness (QED) is 0.320. The fourth-order valence-electron chi connectivity index (χ4n) is 3.39. The molecule has 0 radical (unpaired) electrons. The highest BCUT2D eigenvalue weighted by Gasteiger charge is 2.15. The van der Waals surface area contributed by atoms with Crippen molar-refractivity contribution in [2.45, 2.75) is 0 Å². The molecule has 0 aliphatic heterocycles. The number of aromatic nitrogens is 1. The van der Waals surface area contributed by atoms with E-state index < -0.39 is 5.97 Å². The molecule has 2 N–H and O–H groups in total. The number of carbonyl (C=O) groups is 3. The Balaban J connectivity index is 1.76. The Morgan fingerprint density at radius 3 is 1.92 bits per heavy atom. The summed E-state index contributed by atoms with van der Waals surface area (Å²) >= 11 is 0. The lowest BCUT2D eigenvalue weighted by atomic mass is 10.1. The molecule has 1 aromatic heterocycles. The molecule has 1 heterocycles. The van der Waals surface area contributed by atoms with Crippen molar-refractivity contribution < 1.29 is 19.1 Å². The minimum Gasteiger partial charge on any atom is -0.465 e. The second kappa shape index (κ2) is 11.3. The van der Waals surface area contributed by atoms with Gasteiger partial charge in [0, 0.05) is 29.1 Å². The first-order chi connectivity index (χ1) is 17.6. The average molecular weight is 476 g/mol. The number of nitrogens with zero attached hydrogens (tertiary/aromatic N) is 1. The highest BCUT2D eigenvalue weighted by Crippen LogP contribution is 2.25.